The van der Waals surface area contributed by atoms with E-state index in [1.165, 1.54) is 11.6 Å². The number of aromatic amines is 1. The van der Waals surface area contributed by atoms with Gasteiger partial charge in [0.05, 0.1) is 24.0 Å². The number of H-pyrrole nitrogens is 1. The van der Waals surface area contributed by atoms with E-state index in [2.05, 4.69) is 46.7 Å². The molecule has 9 nitrogen and oxygen atoms in total. The van der Waals surface area contributed by atoms with E-state index in [0.717, 1.165) is 70.8 Å². The van der Waals surface area contributed by atoms with Crippen molar-refractivity contribution >= 4 is 34.2 Å². The molecule has 1 amide bonds. The number of aromatic nitrogens is 4. The molecule has 0 radical (unpaired) electrons. The van der Waals surface area contributed by atoms with Gasteiger partial charge in [-0.15, -0.1) is 0 Å². The van der Waals surface area contributed by atoms with Crippen LogP contribution in [0.1, 0.15) is 41.1 Å². The molecule has 38 heavy (non-hydrogen) atoms. The Morgan fingerprint density at radius 3 is 2.82 bits per heavy atom. The third-order valence-corrected chi connectivity index (χ3v) is 8.09. The Balaban J connectivity index is 1.45. The number of anilines is 1. The van der Waals surface area contributed by atoms with Gasteiger partial charge in [0.25, 0.3) is 0 Å². The number of fused-ring (bicyclic) bond motifs is 2. The summed E-state index contributed by atoms with van der Waals surface area (Å²) in [5, 5.41) is 9.26. The van der Waals surface area contributed by atoms with Crippen LogP contribution in [0.15, 0.2) is 24.9 Å². The van der Waals surface area contributed by atoms with E-state index in [0.29, 0.717) is 38.8 Å². The number of amides is 1. The number of carbonyl (C=O) groups is 1. The van der Waals surface area contributed by atoms with Crippen molar-refractivity contribution in [3.05, 3.63) is 52.3 Å². The number of hydrogen-bond acceptors (Lipinski definition) is 7. The molecule has 1 saturated heterocycles. The van der Waals surface area contributed by atoms with E-state index in [-0.39, 0.29) is 11.8 Å². The highest BCUT2D eigenvalue weighted by molar-refractivity contribution is 6.33. The topological polar surface area (TPSA) is 90.5 Å². The normalized spacial score (nSPS) is 17.7. The first kappa shape index (κ1) is 26.4. The highest BCUT2D eigenvalue weighted by Gasteiger charge is 2.31. The Kier molecular flexibility index (Phi) is 7.85. The van der Waals surface area contributed by atoms with Crippen molar-refractivity contribution < 1.29 is 9.53 Å². The van der Waals surface area contributed by atoms with E-state index in [9.17, 15) is 4.79 Å². The average molecular weight is 538 g/mol. The van der Waals surface area contributed by atoms with Crippen LogP contribution in [0.3, 0.4) is 0 Å². The molecule has 5 rings (SSSR count). The summed E-state index contributed by atoms with van der Waals surface area (Å²) in [6.45, 7) is 9.87. The molecule has 1 aromatic carbocycles. The summed E-state index contributed by atoms with van der Waals surface area (Å²) in [6.07, 6.45) is 6.72. The maximum Gasteiger partial charge on any atom is 0.318 e. The number of halogens is 1. The first-order chi connectivity index (χ1) is 18.4. The zero-order valence-corrected chi connectivity index (χ0v) is 23.2. The maximum absolute atomic E-state index is 12.1. The van der Waals surface area contributed by atoms with E-state index in [1.54, 1.807) is 0 Å². The number of nitrogens with one attached hydrogen (secondary N) is 1. The lowest BCUT2D eigenvalue weighted by atomic mass is 9.80. The summed E-state index contributed by atoms with van der Waals surface area (Å²) in [5.74, 6) is 1.13. The molecule has 10 heteroatoms. The van der Waals surface area contributed by atoms with Crippen molar-refractivity contribution in [2.75, 3.05) is 58.3 Å². The smallest absolute Gasteiger partial charge is 0.318 e. The van der Waals surface area contributed by atoms with Gasteiger partial charge in [-0.05, 0) is 75.9 Å². The van der Waals surface area contributed by atoms with Gasteiger partial charge in [0.1, 0.15) is 5.82 Å². The molecule has 1 aliphatic heterocycles. The summed E-state index contributed by atoms with van der Waals surface area (Å²) in [6, 6.07) is 2.48. The molecular weight excluding hydrogens is 502 g/mol. The summed E-state index contributed by atoms with van der Waals surface area (Å²) in [4.78, 5) is 28.2. The van der Waals surface area contributed by atoms with E-state index < -0.39 is 0 Å². The predicted molar refractivity (Wildman–Crippen MR) is 150 cm³/mol. The summed E-state index contributed by atoms with van der Waals surface area (Å²) >= 11 is 6.88. The number of benzene rings is 1. The zero-order chi connectivity index (χ0) is 26.8. The Morgan fingerprint density at radius 1 is 1.29 bits per heavy atom. The molecule has 1 N–H and O–H groups in total. The Bertz CT molecular complexity index is 1330. The van der Waals surface area contributed by atoms with Gasteiger partial charge in [0.2, 0.25) is 5.91 Å². The minimum Gasteiger partial charge on any atom is -0.463 e. The van der Waals surface area contributed by atoms with Crippen LogP contribution in [0.5, 0.6) is 6.01 Å². The van der Waals surface area contributed by atoms with E-state index in [1.807, 2.05) is 18.0 Å². The number of nitrogens with zero attached hydrogens (tertiary/aromatic N) is 6. The largest absolute Gasteiger partial charge is 0.463 e. The van der Waals surface area contributed by atoms with E-state index in [4.69, 9.17) is 26.3 Å². The zero-order valence-electron chi connectivity index (χ0n) is 22.5. The van der Waals surface area contributed by atoms with Crippen molar-refractivity contribution in [2.45, 2.75) is 38.5 Å². The number of carbonyl (C=O) groups excluding carboxylic acids is 1. The number of aryl methyl sites for hydroxylation is 1. The molecule has 2 aromatic heterocycles. The highest BCUT2D eigenvalue weighted by atomic mass is 35.5. The third-order valence-electron chi connectivity index (χ3n) is 7.59. The Morgan fingerprint density at radius 2 is 2.08 bits per heavy atom. The first-order valence-corrected chi connectivity index (χ1v) is 13.7. The molecule has 1 fully saturated rings. The molecular formula is C28H36ClN7O2. The number of hydrogen-bond donors (Lipinski definition) is 1. The van der Waals surface area contributed by atoms with Gasteiger partial charge >= 0.3 is 6.01 Å². The van der Waals surface area contributed by atoms with E-state index >= 15 is 0 Å². The quantitative estimate of drug-likeness (QED) is 0.345. The fourth-order valence-corrected chi connectivity index (χ4v) is 5.90. The first-order valence-electron chi connectivity index (χ1n) is 13.3. The second-order valence-electron chi connectivity index (χ2n) is 10.5. The third kappa shape index (κ3) is 5.35. The van der Waals surface area contributed by atoms with Crippen LogP contribution in [-0.4, -0.2) is 89.3 Å². The fraction of sp³-hybridized carbons (Fsp3) is 0.500. The van der Waals surface area contributed by atoms with Crippen LogP contribution < -0.4 is 9.64 Å². The van der Waals surface area contributed by atoms with Gasteiger partial charge < -0.3 is 19.4 Å². The molecule has 1 aliphatic carbocycles. The van der Waals surface area contributed by atoms with Crippen molar-refractivity contribution in [2.24, 2.45) is 0 Å². The maximum atomic E-state index is 12.1. The van der Waals surface area contributed by atoms with Gasteiger partial charge in [-0.2, -0.15) is 15.1 Å². The molecule has 0 saturated carbocycles. The van der Waals surface area contributed by atoms with Gasteiger partial charge in [-0.1, -0.05) is 18.2 Å². The van der Waals surface area contributed by atoms with Crippen molar-refractivity contribution in [3.8, 4) is 6.01 Å². The van der Waals surface area contributed by atoms with Gasteiger partial charge in [0, 0.05) is 48.7 Å². The predicted octanol–water partition coefficient (Wildman–Crippen LogP) is 3.75. The highest BCUT2D eigenvalue weighted by Crippen LogP contribution is 2.42. The van der Waals surface area contributed by atoms with Crippen molar-refractivity contribution in [1.82, 2.24) is 30.0 Å². The lowest BCUT2D eigenvalue weighted by Gasteiger charge is -2.37. The van der Waals surface area contributed by atoms with Crippen molar-refractivity contribution in [1.29, 1.82) is 0 Å². The second-order valence-corrected chi connectivity index (χ2v) is 10.8. The van der Waals surface area contributed by atoms with Crippen LogP contribution in [0.2, 0.25) is 5.02 Å². The van der Waals surface area contributed by atoms with Crippen LogP contribution >= 0.6 is 11.6 Å². The average Bonchev–Trinajstić information content (AvgIpc) is 3.38. The standard InChI is InChI=1S/C28H36ClN7O2/c1-5-24(37)35-10-12-36(13-11-35)27-20-8-7-19(25-21-17-30-33-23(21)15-18(2)26(25)29)16-22(20)31-28(32-27)38-14-6-9-34(3)4/h5,15,17,19H,1,6-14,16H2,2-4H3,(H,30,33). The van der Waals surface area contributed by atoms with Crippen LogP contribution in [0, 0.1) is 6.92 Å². The number of ether oxygens (including phenoxy) is 1. The minimum atomic E-state index is -0.0253. The second kappa shape index (κ2) is 11.3. The van der Waals surface area contributed by atoms with Gasteiger partial charge in [-0.3, -0.25) is 9.89 Å². The summed E-state index contributed by atoms with van der Waals surface area (Å²) in [5.41, 5.74) is 5.40. The van der Waals surface area contributed by atoms with Crippen LogP contribution in [0.4, 0.5) is 5.82 Å². The van der Waals surface area contributed by atoms with Gasteiger partial charge in [0.15, 0.2) is 0 Å². The fourth-order valence-electron chi connectivity index (χ4n) is 5.59. The molecule has 1 atom stereocenters. The molecule has 3 aromatic rings. The monoisotopic (exact) mass is 537 g/mol. The Labute approximate surface area is 228 Å². The van der Waals surface area contributed by atoms with Crippen LogP contribution in [-0.2, 0) is 17.6 Å². The summed E-state index contributed by atoms with van der Waals surface area (Å²) in [7, 11) is 4.11. The number of piperazine rings is 1. The lowest BCUT2D eigenvalue weighted by Crippen LogP contribution is -2.49. The number of rotatable bonds is 8. The Hall–Kier alpha value is -3.17. The molecule has 1 unspecified atom stereocenters. The molecule has 3 heterocycles. The molecule has 2 aliphatic rings. The minimum absolute atomic E-state index is 0.0253. The van der Waals surface area contributed by atoms with Crippen LogP contribution in [0.25, 0.3) is 10.9 Å². The molecule has 0 bridgehead atoms. The summed E-state index contributed by atoms with van der Waals surface area (Å²) < 4.78 is 6.08. The molecule has 202 valence electrons. The SMILES string of the molecule is C=CC(=O)N1CCN(c2nc(OCCCN(C)C)nc3c2CCC(c2c(Cl)c(C)cc4[nH]ncc24)C3)CC1. The molecule has 0 spiro atoms. The lowest BCUT2D eigenvalue weighted by molar-refractivity contribution is -0.126. The van der Waals surface area contributed by atoms with Crippen molar-refractivity contribution in [3.63, 3.8) is 0 Å². The van der Waals surface area contributed by atoms with Gasteiger partial charge in [-0.25, -0.2) is 0 Å².